The zero-order valence-electron chi connectivity index (χ0n) is 11.0. The minimum absolute atomic E-state index is 0.00425. The van der Waals surface area contributed by atoms with Gasteiger partial charge in [0.15, 0.2) is 0 Å². The molecule has 0 saturated carbocycles. The second-order valence-electron chi connectivity index (χ2n) is 4.40. The molecule has 0 bridgehead atoms. The fraction of sp³-hybridized carbons (Fsp3) is 0.818. The summed E-state index contributed by atoms with van der Waals surface area (Å²) in [5.74, 6) is -1.43. The molecule has 1 unspecified atom stereocenters. The maximum atomic E-state index is 11.6. The molecule has 6 heteroatoms. The second-order valence-corrected chi connectivity index (χ2v) is 4.40. The van der Waals surface area contributed by atoms with Crippen LogP contribution in [-0.2, 0) is 4.79 Å². The lowest BCUT2D eigenvalue weighted by molar-refractivity contribution is -0.142. The zero-order chi connectivity index (χ0) is 13.4. The van der Waals surface area contributed by atoms with Crippen LogP contribution in [0.5, 0.6) is 0 Å². The number of carboxylic acid groups (broad SMARTS) is 1. The van der Waals surface area contributed by atoms with Crippen molar-refractivity contribution in [2.45, 2.75) is 13.8 Å². The van der Waals surface area contributed by atoms with Crippen molar-refractivity contribution < 1.29 is 14.7 Å². The maximum Gasteiger partial charge on any atom is 0.317 e. The van der Waals surface area contributed by atoms with E-state index in [-0.39, 0.29) is 18.5 Å². The summed E-state index contributed by atoms with van der Waals surface area (Å²) in [5.41, 5.74) is 0. The molecule has 3 N–H and O–H groups in total. The highest BCUT2D eigenvalue weighted by molar-refractivity contribution is 5.75. The number of rotatable bonds is 7. The predicted molar refractivity (Wildman–Crippen MR) is 65.9 cm³/mol. The van der Waals surface area contributed by atoms with Crippen LogP contribution in [0.15, 0.2) is 0 Å². The van der Waals surface area contributed by atoms with E-state index < -0.39 is 11.9 Å². The third kappa shape index (κ3) is 6.11. The van der Waals surface area contributed by atoms with E-state index in [1.807, 2.05) is 20.9 Å². The summed E-state index contributed by atoms with van der Waals surface area (Å²) in [7, 11) is 3.49. The number of hydrogen-bond acceptors (Lipinski definition) is 3. The van der Waals surface area contributed by atoms with E-state index in [9.17, 15) is 9.59 Å². The molecule has 0 aromatic rings. The fourth-order valence-electron chi connectivity index (χ4n) is 1.32. The van der Waals surface area contributed by atoms with Crippen LogP contribution in [0.25, 0.3) is 0 Å². The van der Waals surface area contributed by atoms with Crippen LogP contribution in [0.1, 0.15) is 13.8 Å². The molecule has 2 amide bonds. The molecule has 0 fully saturated rings. The normalized spacial score (nSPS) is 12.3. The Morgan fingerprint density at radius 2 is 1.94 bits per heavy atom. The standard InChI is InChI=1S/C11H23N3O3/c1-8(2)9(10(15)16)7-13-11(17)14(4)6-5-12-3/h8-9,12H,5-7H2,1-4H3,(H,13,17)(H,15,16). The van der Waals surface area contributed by atoms with Gasteiger partial charge >= 0.3 is 12.0 Å². The molecule has 0 aliphatic carbocycles. The highest BCUT2D eigenvalue weighted by Gasteiger charge is 2.22. The van der Waals surface area contributed by atoms with Gasteiger partial charge in [0.2, 0.25) is 0 Å². The topological polar surface area (TPSA) is 81.7 Å². The summed E-state index contributed by atoms with van der Waals surface area (Å²) in [6, 6.07) is -0.243. The van der Waals surface area contributed by atoms with Crippen molar-refractivity contribution in [2.24, 2.45) is 11.8 Å². The Morgan fingerprint density at radius 1 is 1.35 bits per heavy atom. The van der Waals surface area contributed by atoms with Crippen LogP contribution < -0.4 is 10.6 Å². The average molecular weight is 245 g/mol. The van der Waals surface area contributed by atoms with Gasteiger partial charge in [-0.2, -0.15) is 0 Å². The molecule has 0 rings (SSSR count). The smallest absolute Gasteiger partial charge is 0.317 e. The van der Waals surface area contributed by atoms with Gasteiger partial charge in [-0.1, -0.05) is 13.8 Å². The Bertz CT molecular complexity index is 256. The average Bonchev–Trinajstić information content (AvgIpc) is 2.24. The Hall–Kier alpha value is -1.30. The molecule has 0 aliphatic rings. The number of likely N-dealkylation sites (N-methyl/N-ethyl adjacent to an activating group) is 2. The van der Waals surface area contributed by atoms with E-state index in [0.717, 1.165) is 0 Å². The monoisotopic (exact) mass is 245 g/mol. The summed E-state index contributed by atoms with van der Waals surface area (Å²) in [4.78, 5) is 24.0. The van der Waals surface area contributed by atoms with Crippen molar-refractivity contribution in [2.75, 3.05) is 33.7 Å². The number of urea groups is 1. The molecule has 1 atom stereocenters. The van der Waals surface area contributed by atoms with Crippen molar-refractivity contribution in [3.63, 3.8) is 0 Å². The van der Waals surface area contributed by atoms with Gasteiger partial charge in [-0.15, -0.1) is 0 Å². The summed E-state index contributed by atoms with van der Waals surface area (Å²) in [6.07, 6.45) is 0. The van der Waals surface area contributed by atoms with Gasteiger partial charge in [0.25, 0.3) is 0 Å². The first-order valence-electron chi connectivity index (χ1n) is 5.76. The van der Waals surface area contributed by atoms with E-state index in [2.05, 4.69) is 10.6 Å². The number of carboxylic acids is 1. The number of aliphatic carboxylic acids is 1. The van der Waals surface area contributed by atoms with E-state index in [1.54, 1.807) is 7.05 Å². The van der Waals surface area contributed by atoms with Gasteiger partial charge in [0, 0.05) is 26.7 Å². The van der Waals surface area contributed by atoms with Crippen molar-refractivity contribution in [3.8, 4) is 0 Å². The highest BCUT2D eigenvalue weighted by Crippen LogP contribution is 2.09. The molecule has 0 aliphatic heterocycles. The number of hydrogen-bond donors (Lipinski definition) is 3. The molecule has 0 saturated heterocycles. The summed E-state index contributed by atoms with van der Waals surface area (Å²) in [5, 5.41) is 14.5. The summed E-state index contributed by atoms with van der Waals surface area (Å²) in [6.45, 7) is 5.11. The van der Waals surface area contributed by atoms with Crippen molar-refractivity contribution in [3.05, 3.63) is 0 Å². The Kier molecular flexibility index (Phi) is 7.29. The first-order chi connectivity index (χ1) is 7.90. The number of amides is 2. The quantitative estimate of drug-likeness (QED) is 0.598. The number of nitrogens with one attached hydrogen (secondary N) is 2. The fourth-order valence-corrected chi connectivity index (χ4v) is 1.32. The molecule has 0 aromatic heterocycles. The van der Waals surface area contributed by atoms with Crippen LogP contribution >= 0.6 is 0 Å². The molecule has 0 radical (unpaired) electrons. The van der Waals surface area contributed by atoms with Crippen LogP contribution in [0.2, 0.25) is 0 Å². The van der Waals surface area contributed by atoms with Crippen LogP contribution in [0.4, 0.5) is 4.79 Å². The van der Waals surface area contributed by atoms with Crippen molar-refractivity contribution in [1.82, 2.24) is 15.5 Å². The van der Waals surface area contributed by atoms with Crippen LogP contribution in [0, 0.1) is 11.8 Å². The first-order valence-corrected chi connectivity index (χ1v) is 5.76. The van der Waals surface area contributed by atoms with Gasteiger partial charge in [0.1, 0.15) is 0 Å². The van der Waals surface area contributed by atoms with Gasteiger partial charge in [-0.3, -0.25) is 4.79 Å². The Labute approximate surface area is 102 Å². The van der Waals surface area contributed by atoms with Gasteiger partial charge in [0.05, 0.1) is 5.92 Å². The zero-order valence-corrected chi connectivity index (χ0v) is 11.0. The van der Waals surface area contributed by atoms with Gasteiger partial charge in [-0.05, 0) is 13.0 Å². The highest BCUT2D eigenvalue weighted by atomic mass is 16.4. The molecule has 100 valence electrons. The van der Waals surface area contributed by atoms with E-state index in [4.69, 9.17) is 5.11 Å². The molecular formula is C11H23N3O3. The minimum Gasteiger partial charge on any atom is -0.481 e. The predicted octanol–water partition coefficient (Wildman–Crippen LogP) is 0.204. The molecular weight excluding hydrogens is 222 g/mol. The molecule has 0 heterocycles. The van der Waals surface area contributed by atoms with E-state index in [0.29, 0.717) is 13.1 Å². The molecule has 17 heavy (non-hydrogen) atoms. The van der Waals surface area contributed by atoms with Crippen molar-refractivity contribution in [1.29, 1.82) is 0 Å². The van der Waals surface area contributed by atoms with Gasteiger partial charge in [-0.25, -0.2) is 4.79 Å². The Morgan fingerprint density at radius 3 is 2.35 bits per heavy atom. The lowest BCUT2D eigenvalue weighted by Crippen LogP contribution is -2.43. The van der Waals surface area contributed by atoms with E-state index >= 15 is 0 Å². The number of carbonyl (C=O) groups excluding carboxylic acids is 1. The largest absolute Gasteiger partial charge is 0.481 e. The van der Waals surface area contributed by atoms with Crippen LogP contribution in [-0.4, -0.2) is 55.7 Å². The number of nitrogens with zero attached hydrogens (tertiary/aromatic N) is 1. The SMILES string of the molecule is CNCCN(C)C(=O)NCC(C(=O)O)C(C)C. The second kappa shape index (κ2) is 7.89. The minimum atomic E-state index is -0.877. The maximum absolute atomic E-state index is 11.6. The third-order valence-corrected chi connectivity index (χ3v) is 2.64. The van der Waals surface area contributed by atoms with Crippen LogP contribution in [0.3, 0.4) is 0 Å². The number of carbonyl (C=O) groups is 2. The van der Waals surface area contributed by atoms with E-state index in [1.165, 1.54) is 4.90 Å². The summed E-state index contributed by atoms with van der Waals surface area (Å²) < 4.78 is 0. The first kappa shape index (κ1) is 15.7. The van der Waals surface area contributed by atoms with Gasteiger partial charge < -0.3 is 20.6 Å². The summed E-state index contributed by atoms with van der Waals surface area (Å²) >= 11 is 0. The third-order valence-electron chi connectivity index (χ3n) is 2.64. The van der Waals surface area contributed by atoms with Crippen molar-refractivity contribution >= 4 is 12.0 Å². The lowest BCUT2D eigenvalue weighted by atomic mass is 9.96. The molecule has 0 spiro atoms. The Balaban J connectivity index is 4.08. The molecule has 0 aromatic carbocycles. The lowest BCUT2D eigenvalue weighted by Gasteiger charge is -2.21. The molecule has 6 nitrogen and oxygen atoms in total.